The van der Waals surface area contributed by atoms with E-state index >= 15 is 0 Å². The van der Waals surface area contributed by atoms with E-state index in [1.165, 1.54) is 19.3 Å². The predicted molar refractivity (Wildman–Crippen MR) is 92.4 cm³/mol. The number of aliphatic hydroxyl groups excluding tert-OH is 2. The van der Waals surface area contributed by atoms with Crippen molar-refractivity contribution in [1.29, 1.82) is 0 Å². The third kappa shape index (κ3) is 20.9. The zero-order valence-corrected chi connectivity index (χ0v) is 14.7. The quantitative estimate of drug-likeness (QED) is 0.457. The molecule has 2 aromatic rings. The topological polar surface area (TPSA) is 40.5 Å². The molecule has 1 atom stereocenters. The van der Waals surface area contributed by atoms with Crippen LogP contribution in [0, 0.1) is 12.1 Å². The van der Waals surface area contributed by atoms with E-state index < -0.39 is 6.10 Å². The van der Waals surface area contributed by atoms with E-state index in [4.69, 9.17) is 10.2 Å². The minimum Gasteiger partial charge on any atom is -0.394 e. The summed E-state index contributed by atoms with van der Waals surface area (Å²) < 4.78 is 0. The van der Waals surface area contributed by atoms with Gasteiger partial charge < -0.3 is 10.2 Å². The molecule has 2 N–H and O–H groups in total. The molecular formula is C20H28CuO2. The fourth-order valence-corrected chi connectivity index (χ4v) is 1.58. The summed E-state index contributed by atoms with van der Waals surface area (Å²) in [6.07, 6.45) is 4.92. The van der Waals surface area contributed by atoms with Gasteiger partial charge in [0.2, 0.25) is 0 Å². The van der Waals surface area contributed by atoms with Gasteiger partial charge in [0.25, 0.3) is 0 Å². The first-order valence-electron chi connectivity index (χ1n) is 7.92. The third-order valence-corrected chi connectivity index (χ3v) is 2.82. The maximum absolute atomic E-state index is 8.91. The van der Waals surface area contributed by atoms with Crippen LogP contribution in [0.4, 0.5) is 0 Å². The summed E-state index contributed by atoms with van der Waals surface area (Å²) in [6.45, 7) is 2.06. The molecule has 0 aliphatic rings. The van der Waals surface area contributed by atoms with Gasteiger partial charge in [-0.25, -0.2) is 0 Å². The van der Waals surface area contributed by atoms with Crippen LogP contribution in [0.5, 0.6) is 0 Å². The van der Waals surface area contributed by atoms with Crippen LogP contribution in [0.2, 0.25) is 0 Å². The first kappa shape index (κ1) is 24.1. The van der Waals surface area contributed by atoms with E-state index in [9.17, 15) is 0 Å². The van der Waals surface area contributed by atoms with Crippen molar-refractivity contribution in [3.05, 3.63) is 72.8 Å². The molecule has 0 saturated carbocycles. The van der Waals surface area contributed by atoms with Crippen LogP contribution in [-0.4, -0.2) is 22.9 Å². The fourth-order valence-electron chi connectivity index (χ4n) is 1.58. The maximum atomic E-state index is 8.91. The average Bonchev–Trinajstić information content (AvgIpc) is 2.62. The molecular weight excluding hydrogens is 336 g/mol. The zero-order valence-electron chi connectivity index (χ0n) is 13.8. The van der Waals surface area contributed by atoms with Gasteiger partial charge in [-0.05, 0) is 6.42 Å². The Morgan fingerprint density at radius 2 is 1.26 bits per heavy atom. The summed E-state index contributed by atoms with van der Waals surface area (Å²) in [6, 6.07) is 25.0. The molecule has 2 rings (SSSR count). The van der Waals surface area contributed by atoms with Gasteiger partial charge in [0.05, 0.1) is 12.7 Å². The number of rotatable bonds is 6. The SMILES string of the molecule is CCCCCCC(O)CO.[Cu+2].[c-]1ccccc1.[c-]1ccccc1. The smallest absolute Gasteiger partial charge is 0.394 e. The minimum absolute atomic E-state index is 0. The fraction of sp³-hybridized carbons (Fsp3) is 0.400. The van der Waals surface area contributed by atoms with Crippen LogP contribution < -0.4 is 0 Å². The molecule has 1 unspecified atom stereocenters. The molecule has 23 heavy (non-hydrogen) atoms. The third-order valence-electron chi connectivity index (χ3n) is 2.82. The summed E-state index contributed by atoms with van der Waals surface area (Å²) >= 11 is 0. The van der Waals surface area contributed by atoms with Crippen LogP contribution in [0.1, 0.15) is 39.0 Å². The molecule has 0 heterocycles. The molecule has 2 nitrogen and oxygen atoms in total. The second-order valence-electron chi connectivity index (χ2n) is 4.84. The van der Waals surface area contributed by atoms with Crippen LogP contribution in [0.3, 0.4) is 0 Å². The number of hydrogen-bond donors (Lipinski definition) is 2. The molecule has 2 aromatic carbocycles. The summed E-state index contributed by atoms with van der Waals surface area (Å²) in [5, 5.41) is 17.3. The molecule has 0 bridgehead atoms. The summed E-state index contributed by atoms with van der Waals surface area (Å²) in [4.78, 5) is 0. The minimum atomic E-state index is -0.489. The molecule has 0 amide bonds. The molecule has 0 saturated heterocycles. The molecule has 0 aliphatic heterocycles. The van der Waals surface area contributed by atoms with Gasteiger partial charge in [0.15, 0.2) is 0 Å². The molecule has 1 radical (unpaired) electrons. The standard InChI is InChI=1S/C8H18O2.2C6H5.Cu/c1-2-3-4-5-6-8(10)7-9;2*1-2-4-6-5-3-1;/h8-10H,2-7H2,1H3;2*1-5H;/q;2*-1;+2. The Morgan fingerprint density at radius 1 is 0.783 bits per heavy atom. The molecule has 3 heteroatoms. The Balaban J connectivity index is 0. The number of benzene rings is 2. The van der Waals surface area contributed by atoms with Crippen molar-refractivity contribution in [3.63, 3.8) is 0 Å². The van der Waals surface area contributed by atoms with E-state index in [0.717, 1.165) is 12.8 Å². The van der Waals surface area contributed by atoms with Crippen molar-refractivity contribution in [2.24, 2.45) is 0 Å². The number of aliphatic hydroxyl groups is 2. The van der Waals surface area contributed by atoms with Crippen molar-refractivity contribution in [2.45, 2.75) is 45.1 Å². The Labute approximate surface area is 152 Å². The molecule has 0 aromatic heterocycles. The first-order valence-corrected chi connectivity index (χ1v) is 7.92. The van der Waals surface area contributed by atoms with Crippen molar-refractivity contribution in [2.75, 3.05) is 6.61 Å². The molecule has 0 spiro atoms. The normalized spacial score (nSPS) is 10.0. The van der Waals surface area contributed by atoms with Crippen molar-refractivity contribution >= 4 is 0 Å². The van der Waals surface area contributed by atoms with Gasteiger partial charge in [0.1, 0.15) is 0 Å². The Kier molecular flexibility index (Phi) is 21.9. The number of unbranched alkanes of at least 4 members (excludes halogenated alkanes) is 3. The van der Waals surface area contributed by atoms with E-state index in [0.29, 0.717) is 0 Å². The van der Waals surface area contributed by atoms with Gasteiger partial charge in [0, 0.05) is 0 Å². The number of hydrogen-bond acceptors (Lipinski definition) is 2. The van der Waals surface area contributed by atoms with Crippen LogP contribution in [0.15, 0.2) is 60.7 Å². The predicted octanol–water partition coefficient (Wildman–Crippen LogP) is 4.28. The largest absolute Gasteiger partial charge is 2.00 e. The van der Waals surface area contributed by atoms with E-state index in [1.807, 2.05) is 60.7 Å². The second-order valence-corrected chi connectivity index (χ2v) is 4.84. The van der Waals surface area contributed by atoms with Crippen molar-refractivity contribution < 1.29 is 27.3 Å². The van der Waals surface area contributed by atoms with E-state index in [1.54, 1.807) is 0 Å². The Morgan fingerprint density at radius 3 is 1.52 bits per heavy atom. The van der Waals surface area contributed by atoms with Crippen molar-refractivity contribution in [1.82, 2.24) is 0 Å². The average molecular weight is 364 g/mol. The van der Waals surface area contributed by atoms with Gasteiger partial charge in [-0.15, -0.1) is 0 Å². The van der Waals surface area contributed by atoms with Gasteiger partial charge >= 0.3 is 17.1 Å². The summed E-state index contributed by atoms with van der Waals surface area (Å²) in [7, 11) is 0. The van der Waals surface area contributed by atoms with E-state index in [2.05, 4.69) is 19.1 Å². The molecule has 0 aliphatic carbocycles. The van der Waals surface area contributed by atoms with Crippen molar-refractivity contribution in [3.8, 4) is 0 Å². The Bertz CT molecular complexity index is 310. The zero-order chi connectivity index (χ0) is 16.3. The van der Waals surface area contributed by atoms with Crippen LogP contribution in [-0.2, 0) is 17.1 Å². The molecule has 0 fully saturated rings. The van der Waals surface area contributed by atoms with Gasteiger partial charge in [-0.2, -0.15) is 72.8 Å². The summed E-state index contributed by atoms with van der Waals surface area (Å²) in [5.41, 5.74) is 0. The van der Waals surface area contributed by atoms with Gasteiger partial charge in [-0.3, -0.25) is 0 Å². The molecule has 131 valence electrons. The monoisotopic (exact) mass is 363 g/mol. The summed E-state index contributed by atoms with van der Waals surface area (Å²) in [5.74, 6) is 0. The Hall–Kier alpha value is -1.12. The van der Waals surface area contributed by atoms with Gasteiger partial charge in [-0.1, -0.05) is 32.6 Å². The van der Waals surface area contributed by atoms with E-state index in [-0.39, 0.29) is 23.7 Å². The first-order chi connectivity index (χ1) is 10.8. The maximum Gasteiger partial charge on any atom is 2.00 e. The van der Waals surface area contributed by atoms with Crippen LogP contribution in [0.25, 0.3) is 0 Å². The van der Waals surface area contributed by atoms with Crippen LogP contribution >= 0.6 is 0 Å². The second kappa shape index (κ2) is 20.9.